The van der Waals surface area contributed by atoms with Gasteiger partial charge >= 0.3 is 0 Å². The summed E-state index contributed by atoms with van der Waals surface area (Å²) in [6, 6.07) is 9.41. The Morgan fingerprint density at radius 3 is 1.25 bits per heavy atom. The molecule has 0 aromatic carbocycles. The third-order valence-electron chi connectivity index (χ3n) is 21.5. The number of pyridine rings is 1. The monoisotopic (exact) mass is 1640 g/mol. The van der Waals surface area contributed by atoms with Gasteiger partial charge < -0.3 is 60.8 Å². The largest absolute Gasteiger partial charge is 0.384 e. The number of thiophene rings is 3. The highest BCUT2D eigenvalue weighted by molar-refractivity contribution is 8.14. The van der Waals surface area contributed by atoms with Crippen LogP contribution in [-0.2, 0) is 67.4 Å². The van der Waals surface area contributed by atoms with Gasteiger partial charge in [-0.3, -0.25) is 53.2 Å². The minimum atomic E-state index is -0.669. The number of nitrogens with two attached hydrogens (primary N) is 3. The van der Waals surface area contributed by atoms with E-state index in [2.05, 4.69) is 72.5 Å². The number of ether oxygens (including phenoxy) is 3. The zero-order valence-corrected chi connectivity index (χ0v) is 67.2. The normalized spacial score (nSPS) is 20.9. The van der Waals surface area contributed by atoms with E-state index in [0.29, 0.717) is 146 Å². The van der Waals surface area contributed by atoms with E-state index in [1.54, 1.807) is 76.0 Å². The molecule has 0 spiro atoms. The molecule has 9 aromatic heterocycles. The Labute approximate surface area is 676 Å². The fourth-order valence-corrected chi connectivity index (χ4v) is 20.8. The lowest BCUT2D eigenvalue weighted by molar-refractivity contribution is -0.150. The molecule has 0 aliphatic carbocycles. The highest BCUT2D eigenvalue weighted by Crippen LogP contribution is 2.40. The van der Waals surface area contributed by atoms with E-state index in [4.69, 9.17) is 61.3 Å². The predicted octanol–water partition coefficient (Wildman–Crippen LogP) is 4.34. The van der Waals surface area contributed by atoms with Crippen LogP contribution >= 0.6 is 57.5 Å². The smallest absolute Gasteiger partial charge is 0.245 e. The maximum atomic E-state index is 13.1. The van der Waals surface area contributed by atoms with Crippen molar-refractivity contribution in [1.82, 2.24) is 89.1 Å². The first-order chi connectivity index (χ1) is 55.4. The molecular weight excluding hydrogens is 1560 g/mol. The van der Waals surface area contributed by atoms with Crippen molar-refractivity contribution in [3.63, 3.8) is 0 Å². The van der Waals surface area contributed by atoms with Gasteiger partial charge in [0.05, 0.1) is 87.3 Å². The van der Waals surface area contributed by atoms with Crippen molar-refractivity contribution in [2.24, 2.45) is 11.8 Å². The molecular formula is C75H88N24O10S5. The predicted molar refractivity (Wildman–Crippen MR) is 437 cm³/mol. The number of morpholine rings is 3. The number of thioether (sulfide) groups is 2. The van der Waals surface area contributed by atoms with E-state index in [0.717, 1.165) is 160 Å². The number of likely N-dealkylation sites (tertiary alicyclic amines) is 1. The number of anilines is 6. The lowest BCUT2D eigenvalue weighted by Gasteiger charge is -2.36. The molecule has 18 heterocycles. The molecule has 3 atom stereocenters. The van der Waals surface area contributed by atoms with E-state index in [1.165, 1.54) is 40.2 Å². The van der Waals surface area contributed by atoms with E-state index < -0.39 is 12.0 Å². The number of imide groups is 1. The van der Waals surface area contributed by atoms with Crippen LogP contribution in [0.25, 0.3) is 64.8 Å². The van der Waals surface area contributed by atoms with Crippen molar-refractivity contribution >= 4 is 163 Å². The van der Waals surface area contributed by atoms with Crippen molar-refractivity contribution < 1.29 is 47.8 Å². The van der Waals surface area contributed by atoms with Crippen LogP contribution in [0.1, 0.15) is 47.2 Å². The summed E-state index contributed by atoms with van der Waals surface area (Å²) in [5.41, 5.74) is 22.1. The molecule has 9 aliphatic heterocycles. The Balaban J connectivity index is 0.000000129. The molecule has 18 rings (SSSR count). The number of aromatic nitrogens is 11. The number of nitrogens with zero attached hydrogens (tertiary/aromatic N) is 21. The lowest BCUT2D eigenvalue weighted by Crippen LogP contribution is -2.54. The molecule has 34 nitrogen and oxygen atoms in total. The van der Waals surface area contributed by atoms with Crippen LogP contribution in [0.2, 0.25) is 0 Å². The van der Waals surface area contributed by atoms with Gasteiger partial charge in [-0.1, -0.05) is 23.5 Å². The Morgan fingerprint density at radius 2 is 0.868 bits per heavy atom. The van der Waals surface area contributed by atoms with Crippen LogP contribution in [0, 0.1) is 11.8 Å². The summed E-state index contributed by atoms with van der Waals surface area (Å²) in [6.45, 7) is 20.7. The number of carbonyl (C=O) groups excluding carboxylic acids is 7. The zero-order valence-electron chi connectivity index (χ0n) is 63.1. The number of hydrogen-bond donors (Lipinski definition) is 3. The van der Waals surface area contributed by atoms with Gasteiger partial charge in [0.15, 0.2) is 40.0 Å². The van der Waals surface area contributed by atoms with Crippen LogP contribution in [0.4, 0.5) is 35.2 Å². The summed E-state index contributed by atoms with van der Waals surface area (Å²) in [7, 11) is 0. The maximum absolute atomic E-state index is 13.1. The molecule has 0 radical (unpaired) electrons. The molecule has 0 saturated carbocycles. The van der Waals surface area contributed by atoms with E-state index in [-0.39, 0.29) is 64.0 Å². The molecule has 0 bridgehead atoms. The number of rotatable bonds is 15. The van der Waals surface area contributed by atoms with Crippen molar-refractivity contribution in [1.29, 1.82) is 0 Å². The average Bonchev–Trinajstić information content (AvgIpc) is 1.61. The topological polar surface area (TPSA) is 399 Å². The van der Waals surface area contributed by atoms with Crippen molar-refractivity contribution in [3.8, 4) is 34.2 Å². The Bertz CT molecular complexity index is 5020. The SMILES string of the molecule is CC(=O)N1C(=O)CC[C@H]1C(=O)N1CCN(Cc2cc3nc(-c4cnc(N)nc4)nc(N4CCOCC4)c3s2)CC1.Nc1ccc(-c2nc(N3CCOCC3)c3sc(CN4CCN(C(=O)C5CCSC5=O)CC4)cc3n2)cn1.Nc1ncc(-c2nc(N3CCOCC3)c3sc(CN4CCN(C(=O)C5CSC(=O)C5)CC4)cc3n2)cn1. The second-order valence-corrected chi connectivity index (χ2v) is 34.6. The number of fused-ring (bicyclic) bond motifs is 3. The number of carbonyl (C=O) groups is 7. The molecule has 2 unspecified atom stereocenters. The van der Waals surface area contributed by atoms with E-state index in [9.17, 15) is 33.6 Å². The summed E-state index contributed by atoms with van der Waals surface area (Å²) >= 11 is 7.71. The second-order valence-electron chi connectivity index (χ2n) is 29.1. The first kappa shape index (κ1) is 78.5. The van der Waals surface area contributed by atoms with E-state index >= 15 is 0 Å². The highest BCUT2D eigenvalue weighted by atomic mass is 32.2. The molecule has 5 amide bonds. The van der Waals surface area contributed by atoms with Crippen LogP contribution in [0.3, 0.4) is 0 Å². The van der Waals surface area contributed by atoms with Crippen molar-refractivity contribution in [2.75, 3.05) is 201 Å². The second kappa shape index (κ2) is 35.4. The minimum absolute atomic E-state index is 0.00614. The first-order valence-electron chi connectivity index (χ1n) is 38.4. The third-order valence-corrected chi connectivity index (χ3v) is 26.9. The Hall–Kier alpha value is -9.42. The minimum Gasteiger partial charge on any atom is -0.384 e. The summed E-state index contributed by atoms with van der Waals surface area (Å²) < 4.78 is 19.9. The van der Waals surface area contributed by atoms with Gasteiger partial charge in [-0.05, 0) is 43.2 Å². The highest BCUT2D eigenvalue weighted by Gasteiger charge is 2.42. The van der Waals surface area contributed by atoms with Gasteiger partial charge in [-0.15, -0.1) is 34.0 Å². The van der Waals surface area contributed by atoms with Crippen molar-refractivity contribution in [2.45, 2.75) is 58.3 Å². The molecule has 114 heavy (non-hydrogen) atoms. The molecule has 598 valence electrons. The van der Waals surface area contributed by atoms with Gasteiger partial charge in [0.25, 0.3) is 0 Å². The maximum Gasteiger partial charge on any atom is 0.245 e. The lowest BCUT2D eigenvalue weighted by atomic mass is 10.1. The quantitative estimate of drug-likeness (QED) is 0.120. The van der Waals surface area contributed by atoms with E-state index in [1.807, 2.05) is 15.9 Å². The van der Waals surface area contributed by atoms with Gasteiger partial charge in [0, 0.05) is 220 Å². The fraction of sp³-hybridized carbons (Fsp3) is 0.493. The van der Waals surface area contributed by atoms with Crippen LogP contribution < -0.4 is 31.9 Å². The first-order valence-corrected chi connectivity index (χ1v) is 42.8. The van der Waals surface area contributed by atoms with Crippen LogP contribution in [0.15, 0.2) is 61.3 Å². The summed E-state index contributed by atoms with van der Waals surface area (Å²) in [5, 5.41) is 0.164. The molecule has 6 N–H and O–H groups in total. The zero-order chi connectivity index (χ0) is 78.5. The van der Waals surface area contributed by atoms with Crippen molar-refractivity contribution in [3.05, 3.63) is 75.9 Å². The molecule has 39 heteroatoms. The number of amides is 5. The standard InChI is InChI=1S/C26H31N9O4S.C25H29N7O3S2.C24H28N8O3S2/c1-16(36)35-20(2-3-21(35)37)25(38)34-6-4-32(5-7-34)15-18-12-19-22(40-18)24(33-8-10-39-11-9-33)31-23(30-19)17-13-28-26(27)29-14-17;26-20-2-1-16(14-27-20)22-28-19-13-17(37-21(19)23(29-22)31-8-10-35-11-9-31)15-30-4-6-32(7-5-30)24(33)18-3-12-36-25(18)34;25-24-26-11-16(12-27-24)21-28-18-10-17(37-20(18)22(29-21)31-5-7-35-8-6-31)13-30-1-3-32(4-2-30)23(34)15-9-19(33)36-14-15/h12-14,20H,2-11,15H2,1H3,(H2,27,28,29);1-2,13-14,18H,3-12,15H2,(H2,26,27);10-12,15H,1-9,13-14H2,(H2,25,26,27)/t20-;;/m0../s1. The average molecular weight is 1650 g/mol. The molecule has 9 aliphatic rings. The number of hydrogen-bond acceptors (Lipinski definition) is 35. The van der Waals surface area contributed by atoms with Crippen LogP contribution in [-0.4, -0.2) is 304 Å². The third kappa shape index (κ3) is 18.0. The molecule has 9 aromatic rings. The molecule has 9 fully saturated rings. The fourth-order valence-electron chi connectivity index (χ4n) is 15.4. The van der Waals surface area contributed by atoms with Gasteiger partial charge in [0.2, 0.25) is 46.5 Å². The number of piperazine rings is 3. The van der Waals surface area contributed by atoms with Gasteiger partial charge in [0.1, 0.15) is 17.8 Å². The number of nitrogen functional groups attached to an aromatic ring is 3. The molecule has 9 saturated heterocycles. The summed E-state index contributed by atoms with van der Waals surface area (Å²) in [5.74, 6) is 5.54. The van der Waals surface area contributed by atoms with Gasteiger partial charge in [-0.25, -0.2) is 54.8 Å². The summed E-state index contributed by atoms with van der Waals surface area (Å²) in [6.07, 6.45) is 9.98. The Morgan fingerprint density at radius 1 is 0.465 bits per heavy atom. The Kier molecular flexibility index (Phi) is 24.3. The summed E-state index contributed by atoms with van der Waals surface area (Å²) in [4.78, 5) is 160. The van der Waals surface area contributed by atoms with Gasteiger partial charge in [-0.2, -0.15) is 0 Å². The van der Waals surface area contributed by atoms with Crippen LogP contribution in [0.5, 0.6) is 0 Å².